The van der Waals surface area contributed by atoms with E-state index in [0.29, 0.717) is 18.2 Å². The first kappa shape index (κ1) is 19.3. The van der Waals surface area contributed by atoms with Gasteiger partial charge in [-0.15, -0.1) is 0 Å². The molecule has 27 heavy (non-hydrogen) atoms. The molecule has 2 aromatic carbocycles. The highest BCUT2D eigenvalue weighted by molar-refractivity contribution is 6.04. The minimum Gasteiger partial charge on any atom is -0.494 e. The first-order chi connectivity index (χ1) is 13.2. The lowest BCUT2D eigenvalue weighted by molar-refractivity contribution is 0.102. The van der Waals surface area contributed by atoms with E-state index in [0.717, 1.165) is 30.8 Å². The second-order valence-corrected chi connectivity index (χ2v) is 7.27. The van der Waals surface area contributed by atoms with Crippen LogP contribution in [0, 0.1) is 0 Å². The summed E-state index contributed by atoms with van der Waals surface area (Å²) in [4.78, 5) is 15.0. The first-order valence-corrected chi connectivity index (χ1v) is 10.1. The zero-order valence-electron chi connectivity index (χ0n) is 16.4. The molecular formula is C23H30N2O2. The number of piperidine rings is 1. The van der Waals surface area contributed by atoms with Gasteiger partial charge in [-0.3, -0.25) is 4.79 Å². The average Bonchev–Trinajstić information content (AvgIpc) is 2.69. The third-order valence-electron chi connectivity index (χ3n) is 5.12. The third-order valence-corrected chi connectivity index (χ3v) is 5.12. The molecule has 1 N–H and O–H groups in total. The number of hydrogen-bond donors (Lipinski definition) is 1. The third kappa shape index (κ3) is 5.25. The summed E-state index contributed by atoms with van der Waals surface area (Å²) in [5.74, 6) is 0.626. The van der Waals surface area contributed by atoms with Crippen molar-refractivity contribution in [3.63, 3.8) is 0 Å². The van der Waals surface area contributed by atoms with Crippen molar-refractivity contribution in [3.8, 4) is 5.75 Å². The summed E-state index contributed by atoms with van der Waals surface area (Å²) in [6.07, 6.45) is 5.91. The molecule has 0 aromatic heterocycles. The van der Waals surface area contributed by atoms with Gasteiger partial charge >= 0.3 is 0 Å². The normalized spacial score (nSPS) is 16.8. The lowest BCUT2D eigenvalue weighted by atomic mass is 10.0. The molecule has 0 bridgehead atoms. The fourth-order valence-corrected chi connectivity index (χ4v) is 3.48. The standard InChI is InChI=1S/C23H30N2O2/c1-3-4-16-27-22-10-7-9-19(17-22)23(26)24-20-11-13-21(14-12-20)25-15-6-5-8-18(25)2/h7,9-14,17-18H,3-6,8,15-16H2,1-2H3,(H,24,26)/t18-/m1/s1. The van der Waals surface area contributed by atoms with E-state index in [1.165, 1.54) is 24.9 Å². The highest BCUT2D eigenvalue weighted by atomic mass is 16.5. The molecular weight excluding hydrogens is 336 g/mol. The van der Waals surface area contributed by atoms with E-state index in [9.17, 15) is 4.79 Å². The molecule has 0 aliphatic carbocycles. The van der Waals surface area contributed by atoms with Gasteiger partial charge in [0.25, 0.3) is 5.91 Å². The van der Waals surface area contributed by atoms with Crippen LogP contribution < -0.4 is 15.0 Å². The quantitative estimate of drug-likeness (QED) is 0.658. The van der Waals surface area contributed by atoms with Crippen molar-refractivity contribution in [2.24, 2.45) is 0 Å². The SMILES string of the molecule is CCCCOc1cccc(C(=O)Nc2ccc(N3CCCC[C@H]3C)cc2)c1. The number of hydrogen-bond acceptors (Lipinski definition) is 3. The van der Waals surface area contributed by atoms with Crippen molar-refractivity contribution < 1.29 is 9.53 Å². The summed E-state index contributed by atoms with van der Waals surface area (Å²) < 4.78 is 5.69. The molecule has 0 spiro atoms. The van der Waals surface area contributed by atoms with Crippen molar-refractivity contribution in [2.75, 3.05) is 23.4 Å². The van der Waals surface area contributed by atoms with E-state index in [1.807, 2.05) is 30.3 Å². The molecule has 2 aromatic rings. The number of rotatable bonds is 7. The maximum Gasteiger partial charge on any atom is 0.255 e. The van der Waals surface area contributed by atoms with E-state index in [-0.39, 0.29) is 5.91 Å². The first-order valence-electron chi connectivity index (χ1n) is 10.1. The summed E-state index contributed by atoms with van der Waals surface area (Å²) in [5.41, 5.74) is 2.65. The van der Waals surface area contributed by atoms with Gasteiger partial charge in [0, 0.05) is 29.5 Å². The highest BCUT2D eigenvalue weighted by Crippen LogP contribution is 2.26. The van der Waals surface area contributed by atoms with Crippen LogP contribution in [0.25, 0.3) is 0 Å². The number of carbonyl (C=O) groups is 1. The van der Waals surface area contributed by atoms with Crippen LogP contribution in [0.4, 0.5) is 11.4 Å². The van der Waals surface area contributed by atoms with Crippen LogP contribution in [0.15, 0.2) is 48.5 Å². The van der Waals surface area contributed by atoms with Crippen molar-refractivity contribution in [3.05, 3.63) is 54.1 Å². The maximum absolute atomic E-state index is 12.6. The Kier molecular flexibility index (Phi) is 6.74. The molecule has 1 heterocycles. The summed E-state index contributed by atoms with van der Waals surface area (Å²) >= 11 is 0. The van der Waals surface area contributed by atoms with Gasteiger partial charge in [-0.25, -0.2) is 0 Å². The lowest BCUT2D eigenvalue weighted by Gasteiger charge is -2.35. The van der Waals surface area contributed by atoms with Crippen molar-refractivity contribution >= 4 is 17.3 Å². The molecule has 0 radical (unpaired) electrons. The lowest BCUT2D eigenvalue weighted by Crippen LogP contribution is -2.37. The number of benzene rings is 2. The fourth-order valence-electron chi connectivity index (χ4n) is 3.48. The van der Waals surface area contributed by atoms with Gasteiger partial charge in [0.15, 0.2) is 0 Å². The Morgan fingerprint density at radius 2 is 2.00 bits per heavy atom. The molecule has 4 nitrogen and oxygen atoms in total. The Morgan fingerprint density at radius 3 is 2.74 bits per heavy atom. The van der Waals surface area contributed by atoms with Gasteiger partial charge in [-0.05, 0) is 75.1 Å². The molecule has 1 fully saturated rings. The van der Waals surface area contributed by atoms with Crippen molar-refractivity contribution in [1.29, 1.82) is 0 Å². The largest absolute Gasteiger partial charge is 0.494 e. The molecule has 1 saturated heterocycles. The Balaban J connectivity index is 1.61. The molecule has 144 valence electrons. The van der Waals surface area contributed by atoms with Crippen LogP contribution in [0.2, 0.25) is 0 Å². The number of unbranched alkanes of at least 4 members (excludes halogenated alkanes) is 1. The summed E-state index contributed by atoms with van der Waals surface area (Å²) in [5, 5.41) is 2.98. The Labute approximate surface area is 162 Å². The molecule has 4 heteroatoms. The molecule has 0 unspecified atom stereocenters. The maximum atomic E-state index is 12.6. The molecule has 1 aliphatic rings. The van der Waals surface area contributed by atoms with Crippen LogP contribution in [0.5, 0.6) is 5.75 Å². The molecule has 1 atom stereocenters. The van der Waals surface area contributed by atoms with Gasteiger partial charge in [0.2, 0.25) is 0 Å². The second-order valence-electron chi connectivity index (χ2n) is 7.27. The molecule has 1 amide bonds. The summed E-state index contributed by atoms with van der Waals surface area (Å²) in [7, 11) is 0. The molecule has 0 saturated carbocycles. The van der Waals surface area contributed by atoms with Gasteiger partial charge < -0.3 is 15.0 Å². The van der Waals surface area contributed by atoms with E-state index < -0.39 is 0 Å². The number of amides is 1. The zero-order valence-corrected chi connectivity index (χ0v) is 16.4. The topological polar surface area (TPSA) is 41.6 Å². The van der Waals surface area contributed by atoms with Crippen LogP contribution in [0.1, 0.15) is 56.3 Å². The predicted molar refractivity (Wildman–Crippen MR) is 112 cm³/mol. The minimum atomic E-state index is -0.116. The van der Waals surface area contributed by atoms with Crippen LogP contribution in [-0.4, -0.2) is 25.1 Å². The summed E-state index contributed by atoms with van der Waals surface area (Å²) in [6, 6.07) is 16.1. The monoisotopic (exact) mass is 366 g/mol. The number of nitrogens with one attached hydrogen (secondary N) is 1. The smallest absolute Gasteiger partial charge is 0.255 e. The molecule has 3 rings (SSSR count). The molecule has 1 aliphatic heterocycles. The second kappa shape index (κ2) is 9.45. The van der Waals surface area contributed by atoms with E-state index >= 15 is 0 Å². The Hall–Kier alpha value is -2.49. The average molecular weight is 367 g/mol. The van der Waals surface area contributed by atoms with Gasteiger partial charge in [0.05, 0.1) is 6.61 Å². The van der Waals surface area contributed by atoms with Crippen molar-refractivity contribution in [2.45, 2.75) is 52.0 Å². The van der Waals surface area contributed by atoms with E-state index in [1.54, 1.807) is 6.07 Å². The van der Waals surface area contributed by atoms with E-state index in [2.05, 4.69) is 36.2 Å². The highest BCUT2D eigenvalue weighted by Gasteiger charge is 2.18. The minimum absolute atomic E-state index is 0.116. The number of carbonyl (C=O) groups excluding carboxylic acids is 1. The van der Waals surface area contributed by atoms with E-state index in [4.69, 9.17) is 4.74 Å². The Bertz CT molecular complexity index is 742. The summed E-state index contributed by atoms with van der Waals surface area (Å²) in [6.45, 7) is 6.20. The number of ether oxygens (including phenoxy) is 1. The van der Waals surface area contributed by atoms with Gasteiger partial charge in [-0.1, -0.05) is 19.4 Å². The van der Waals surface area contributed by atoms with Crippen LogP contribution in [0.3, 0.4) is 0 Å². The van der Waals surface area contributed by atoms with Gasteiger partial charge in [-0.2, -0.15) is 0 Å². The zero-order chi connectivity index (χ0) is 19.1. The Morgan fingerprint density at radius 1 is 1.19 bits per heavy atom. The van der Waals surface area contributed by atoms with Crippen molar-refractivity contribution in [1.82, 2.24) is 0 Å². The fraction of sp³-hybridized carbons (Fsp3) is 0.435. The predicted octanol–water partition coefficient (Wildman–Crippen LogP) is 5.50. The number of nitrogens with zero attached hydrogens (tertiary/aromatic N) is 1. The van der Waals surface area contributed by atoms with Gasteiger partial charge in [0.1, 0.15) is 5.75 Å². The van der Waals surface area contributed by atoms with Crippen LogP contribution >= 0.6 is 0 Å². The number of anilines is 2. The van der Waals surface area contributed by atoms with Crippen LogP contribution in [-0.2, 0) is 0 Å².